The van der Waals surface area contributed by atoms with E-state index in [0.717, 1.165) is 44.5 Å². The van der Waals surface area contributed by atoms with Crippen molar-refractivity contribution in [3.8, 4) is 0 Å². The van der Waals surface area contributed by atoms with Gasteiger partial charge < -0.3 is 24.3 Å². The number of hydrogen-bond acceptors (Lipinski definition) is 4. The molecule has 2 aliphatic heterocycles. The number of halogens is 1. The maximum atomic E-state index is 13.1. The molecule has 0 saturated carbocycles. The van der Waals surface area contributed by atoms with Gasteiger partial charge in [-0.25, -0.2) is 4.79 Å². The number of nitrogens with one attached hydrogen (secondary N) is 1. The fourth-order valence-corrected chi connectivity index (χ4v) is 4.25. The number of amides is 2. The molecule has 0 unspecified atom stereocenters. The van der Waals surface area contributed by atoms with Crippen LogP contribution < -0.4 is 10.9 Å². The van der Waals surface area contributed by atoms with Crippen LogP contribution in [0, 0.1) is 0 Å². The van der Waals surface area contributed by atoms with Crippen LogP contribution in [0.1, 0.15) is 31.2 Å². The van der Waals surface area contributed by atoms with E-state index in [2.05, 4.69) is 5.32 Å². The minimum Gasteiger partial charge on any atom is -0.376 e. The number of nitrogens with zero attached hydrogens (tertiary/aromatic N) is 2. The Morgan fingerprint density at radius 1 is 1.06 bits per heavy atom. The van der Waals surface area contributed by atoms with Crippen molar-refractivity contribution < 1.29 is 14.3 Å². The fourth-order valence-electron chi connectivity index (χ4n) is 4.05. The van der Waals surface area contributed by atoms with E-state index in [-0.39, 0.29) is 23.8 Å². The lowest BCUT2D eigenvalue weighted by atomic mass is 10.2. The minimum atomic E-state index is -0.214. The number of benzene rings is 1. The number of urea groups is 1. The maximum absolute atomic E-state index is 13.1. The Labute approximate surface area is 186 Å². The topological polar surface area (TPSA) is 72.8 Å². The highest BCUT2D eigenvalue weighted by Gasteiger charge is 2.27. The average molecular weight is 446 g/mol. The van der Waals surface area contributed by atoms with E-state index in [4.69, 9.17) is 21.1 Å². The second kappa shape index (κ2) is 10.3. The van der Waals surface area contributed by atoms with Crippen molar-refractivity contribution in [2.24, 2.45) is 0 Å². The molecule has 2 atom stereocenters. The molecule has 2 saturated heterocycles. The van der Waals surface area contributed by atoms with Crippen molar-refractivity contribution in [2.45, 2.75) is 44.4 Å². The van der Waals surface area contributed by atoms with Crippen LogP contribution in [0.4, 0.5) is 10.5 Å². The third kappa shape index (κ3) is 5.87. The third-order valence-electron chi connectivity index (χ3n) is 5.72. The summed E-state index contributed by atoms with van der Waals surface area (Å²) in [7, 11) is 0. The summed E-state index contributed by atoms with van der Waals surface area (Å²) >= 11 is 6.24. The first-order chi connectivity index (χ1) is 15.1. The van der Waals surface area contributed by atoms with E-state index in [9.17, 15) is 9.59 Å². The number of carbonyl (C=O) groups excluding carboxylic acids is 1. The molecule has 4 rings (SSSR count). The first kappa shape index (κ1) is 21.9. The molecule has 2 amide bonds. The largest absolute Gasteiger partial charge is 0.376 e. The van der Waals surface area contributed by atoms with Crippen molar-refractivity contribution >= 4 is 23.3 Å². The molecule has 0 aliphatic carbocycles. The highest BCUT2D eigenvalue weighted by molar-refractivity contribution is 6.31. The lowest BCUT2D eigenvalue weighted by Gasteiger charge is -2.28. The molecule has 2 aliphatic rings. The Balaban J connectivity index is 1.46. The predicted octanol–water partition coefficient (Wildman–Crippen LogP) is 3.74. The monoisotopic (exact) mass is 445 g/mol. The molecule has 7 nitrogen and oxygen atoms in total. The van der Waals surface area contributed by atoms with Crippen molar-refractivity contribution in [3.63, 3.8) is 0 Å². The molecule has 166 valence electrons. The predicted molar refractivity (Wildman–Crippen MR) is 120 cm³/mol. The summed E-state index contributed by atoms with van der Waals surface area (Å²) in [5.74, 6) is 0. The summed E-state index contributed by atoms with van der Waals surface area (Å²) in [5.41, 5.74) is 1.24. The van der Waals surface area contributed by atoms with E-state index in [0.29, 0.717) is 30.3 Å². The number of ether oxygens (including phenoxy) is 2. The third-order valence-corrected chi connectivity index (χ3v) is 6.09. The van der Waals surface area contributed by atoms with Gasteiger partial charge in [0, 0.05) is 43.6 Å². The SMILES string of the molecule is O=C(Nc1ccc(=O)n(Cc2ccccc2Cl)c1)N(C[C@H]1CCCO1)C[C@@H]1CCCO1. The Morgan fingerprint density at radius 2 is 1.74 bits per heavy atom. The molecule has 2 fully saturated rings. The molecule has 0 bridgehead atoms. The summed E-state index contributed by atoms with van der Waals surface area (Å²) in [6, 6.07) is 10.3. The summed E-state index contributed by atoms with van der Waals surface area (Å²) in [4.78, 5) is 27.2. The zero-order valence-corrected chi connectivity index (χ0v) is 18.2. The van der Waals surface area contributed by atoms with Crippen molar-refractivity contribution in [1.29, 1.82) is 0 Å². The van der Waals surface area contributed by atoms with Gasteiger partial charge >= 0.3 is 6.03 Å². The van der Waals surface area contributed by atoms with Crippen LogP contribution in [0.15, 0.2) is 47.4 Å². The highest BCUT2D eigenvalue weighted by atomic mass is 35.5. The van der Waals surface area contributed by atoms with Crippen LogP contribution in [0.3, 0.4) is 0 Å². The summed E-state index contributed by atoms with van der Waals surface area (Å²) in [5, 5.41) is 3.54. The first-order valence-corrected chi connectivity index (χ1v) is 11.2. The van der Waals surface area contributed by atoms with Crippen LogP contribution in [-0.2, 0) is 16.0 Å². The fraction of sp³-hybridized carbons (Fsp3) is 0.478. The lowest BCUT2D eigenvalue weighted by Crippen LogP contribution is -2.44. The normalized spacial score (nSPS) is 20.7. The smallest absolute Gasteiger partial charge is 0.322 e. The lowest BCUT2D eigenvalue weighted by molar-refractivity contribution is 0.0524. The van der Waals surface area contributed by atoms with Gasteiger partial charge in [-0.3, -0.25) is 4.79 Å². The zero-order chi connectivity index (χ0) is 21.6. The molecule has 0 spiro atoms. The molecule has 8 heteroatoms. The quantitative estimate of drug-likeness (QED) is 0.704. The van der Waals surface area contributed by atoms with Crippen molar-refractivity contribution in [3.05, 3.63) is 63.5 Å². The summed E-state index contributed by atoms with van der Waals surface area (Å²) < 4.78 is 13.0. The molecule has 3 heterocycles. The molecule has 1 aromatic heterocycles. The Bertz CT molecular complexity index is 934. The second-order valence-corrected chi connectivity index (χ2v) is 8.49. The summed E-state index contributed by atoms with van der Waals surface area (Å²) in [6.45, 7) is 2.88. The maximum Gasteiger partial charge on any atom is 0.322 e. The minimum absolute atomic E-state index is 0.0568. The number of rotatable bonds is 7. The number of carbonyl (C=O) groups is 1. The number of anilines is 1. The number of hydrogen-bond donors (Lipinski definition) is 1. The van der Waals surface area contributed by atoms with Gasteiger partial charge in [0.2, 0.25) is 0 Å². The van der Waals surface area contributed by atoms with Crippen LogP contribution in [-0.4, -0.2) is 54.0 Å². The van der Waals surface area contributed by atoms with E-state index >= 15 is 0 Å². The molecule has 0 radical (unpaired) electrons. The molecular weight excluding hydrogens is 418 g/mol. The molecule has 1 aromatic carbocycles. The van der Waals surface area contributed by atoms with Gasteiger partial charge in [-0.2, -0.15) is 0 Å². The molecule has 31 heavy (non-hydrogen) atoms. The van der Waals surface area contributed by atoms with E-state index in [1.165, 1.54) is 6.07 Å². The van der Waals surface area contributed by atoms with Gasteiger partial charge in [-0.15, -0.1) is 0 Å². The van der Waals surface area contributed by atoms with Gasteiger partial charge in [-0.05, 0) is 43.4 Å². The number of pyridine rings is 1. The Morgan fingerprint density at radius 3 is 2.35 bits per heavy atom. The van der Waals surface area contributed by atoms with Crippen LogP contribution in [0.2, 0.25) is 5.02 Å². The van der Waals surface area contributed by atoms with E-state index < -0.39 is 0 Å². The summed E-state index contributed by atoms with van der Waals surface area (Å²) in [6.07, 6.45) is 5.72. The van der Waals surface area contributed by atoms with Crippen LogP contribution in [0.5, 0.6) is 0 Å². The van der Waals surface area contributed by atoms with Gasteiger partial charge in [-0.1, -0.05) is 29.8 Å². The zero-order valence-electron chi connectivity index (χ0n) is 17.5. The standard InChI is InChI=1S/C23H28ClN3O4/c24-21-8-2-1-5-17(21)13-26-14-18(9-10-22(26)28)25-23(29)27(15-19-6-3-11-30-19)16-20-7-4-12-31-20/h1-2,5,8-10,14,19-20H,3-4,6-7,11-13,15-16H2,(H,25,29)/t19-,20+. The highest BCUT2D eigenvalue weighted by Crippen LogP contribution is 2.19. The van der Waals surface area contributed by atoms with Crippen LogP contribution >= 0.6 is 11.6 Å². The Kier molecular flexibility index (Phi) is 7.27. The van der Waals surface area contributed by atoms with Crippen molar-refractivity contribution in [2.75, 3.05) is 31.6 Å². The molecule has 2 aromatic rings. The van der Waals surface area contributed by atoms with E-state index in [1.54, 1.807) is 27.8 Å². The Hall–Kier alpha value is -2.35. The van der Waals surface area contributed by atoms with Crippen molar-refractivity contribution in [1.82, 2.24) is 9.47 Å². The molecular formula is C23H28ClN3O4. The van der Waals surface area contributed by atoms with Gasteiger partial charge in [0.1, 0.15) is 0 Å². The van der Waals surface area contributed by atoms with Gasteiger partial charge in [0.05, 0.1) is 24.4 Å². The average Bonchev–Trinajstić information content (AvgIpc) is 3.46. The van der Waals surface area contributed by atoms with Crippen LogP contribution in [0.25, 0.3) is 0 Å². The second-order valence-electron chi connectivity index (χ2n) is 8.08. The molecule has 1 N–H and O–H groups in total. The van der Waals surface area contributed by atoms with E-state index in [1.807, 2.05) is 18.2 Å². The van der Waals surface area contributed by atoms with Gasteiger partial charge in [0.25, 0.3) is 5.56 Å². The van der Waals surface area contributed by atoms with Gasteiger partial charge in [0.15, 0.2) is 0 Å². The number of aromatic nitrogens is 1. The first-order valence-electron chi connectivity index (χ1n) is 10.8.